The van der Waals surface area contributed by atoms with Gasteiger partial charge in [0.2, 0.25) is 5.82 Å². The lowest BCUT2D eigenvalue weighted by Gasteiger charge is -2.04. The number of methoxy groups -OCH3 is 1. The zero-order valence-electron chi connectivity index (χ0n) is 9.98. The van der Waals surface area contributed by atoms with Crippen molar-refractivity contribution in [3.8, 4) is 11.5 Å². The molecule has 0 aliphatic carbocycles. The van der Waals surface area contributed by atoms with E-state index in [2.05, 4.69) is 15.4 Å². The monoisotopic (exact) mass is 250 g/mol. The van der Waals surface area contributed by atoms with E-state index in [1.54, 1.807) is 19.2 Å². The fraction of sp³-hybridized carbons (Fsp3) is 0.364. The molecule has 0 radical (unpaired) electrons. The van der Waals surface area contributed by atoms with E-state index in [9.17, 15) is 0 Å². The zero-order chi connectivity index (χ0) is 12.8. The third-order valence-corrected chi connectivity index (χ3v) is 2.22. The molecule has 2 rings (SSSR count). The molecule has 0 bridgehead atoms. The van der Waals surface area contributed by atoms with Gasteiger partial charge in [0.1, 0.15) is 11.5 Å². The number of benzene rings is 1. The van der Waals surface area contributed by atoms with Crippen molar-refractivity contribution in [3.05, 3.63) is 30.1 Å². The van der Waals surface area contributed by atoms with E-state index in [4.69, 9.17) is 14.6 Å². The van der Waals surface area contributed by atoms with Crippen LogP contribution in [-0.2, 0) is 13.2 Å². The molecule has 0 aliphatic heterocycles. The predicted molar refractivity (Wildman–Crippen MR) is 62.2 cm³/mol. The highest BCUT2D eigenvalue weighted by Gasteiger charge is 2.03. The molecule has 1 heterocycles. The molecule has 1 aromatic heterocycles. The third kappa shape index (κ3) is 3.17. The van der Waals surface area contributed by atoms with Crippen molar-refractivity contribution in [3.63, 3.8) is 0 Å². The summed E-state index contributed by atoms with van der Waals surface area (Å²) >= 11 is 0. The second kappa shape index (κ2) is 5.97. The molecule has 2 aromatic rings. The molecule has 0 atom stereocenters. The van der Waals surface area contributed by atoms with E-state index in [1.807, 2.05) is 12.1 Å². The maximum Gasteiger partial charge on any atom is 0.212 e. The van der Waals surface area contributed by atoms with Gasteiger partial charge in [-0.25, -0.2) is 0 Å². The molecule has 1 N–H and O–H groups in total. The van der Waals surface area contributed by atoms with E-state index in [-0.39, 0.29) is 13.2 Å². The topological polar surface area (TPSA) is 82.3 Å². The molecule has 0 aliphatic rings. The minimum atomic E-state index is -0.0187. The summed E-state index contributed by atoms with van der Waals surface area (Å²) in [7, 11) is 1.61. The summed E-state index contributed by atoms with van der Waals surface area (Å²) < 4.78 is 10.5. The van der Waals surface area contributed by atoms with Crippen LogP contribution in [0.2, 0.25) is 0 Å². The van der Waals surface area contributed by atoms with Crippen molar-refractivity contribution < 1.29 is 14.6 Å². The lowest BCUT2D eigenvalue weighted by atomic mass is 10.3. The molecule has 0 fully saturated rings. The van der Waals surface area contributed by atoms with Gasteiger partial charge in [-0.15, -0.1) is 10.2 Å². The van der Waals surface area contributed by atoms with E-state index < -0.39 is 0 Å². The molecule has 0 saturated carbocycles. The second-order valence-electron chi connectivity index (χ2n) is 3.49. The van der Waals surface area contributed by atoms with Gasteiger partial charge in [-0.1, -0.05) is 0 Å². The van der Waals surface area contributed by atoms with Gasteiger partial charge in [0.05, 0.1) is 20.3 Å². The Balaban J connectivity index is 1.89. The second-order valence-corrected chi connectivity index (χ2v) is 3.49. The molecular weight excluding hydrogens is 236 g/mol. The van der Waals surface area contributed by atoms with E-state index in [0.29, 0.717) is 18.1 Å². The summed E-state index contributed by atoms with van der Waals surface area (Å²) in [6, 6.07) is 7.23. The Hall–Kier alpha value is -2.15. The minimum absolute atomic E-state index is 0.0187. The number of aliphatic hydroxyl groups excluding tert-OH is 1. The summed E-state index contributed by atoms with van der Waals surface area (Å²) in [5, 5.41) is 20.3. The molecule has 7 heteroatoms. The van der Waals surface area contributed by atoms with Crippen LogP contribution in [0.15, 0.2) is 24.3 Å². The van der Waals surface area contributed by atoms with Gasteiger partial charge in [0.25, 0.3) is 0 Å². The Morgan fingerprint density at radius 3 is 2.61 bits per heavy atom. The standard InChI is InChI=1S/C11H14N4O3/c1-17-9-2-4-10(5-3-9)18-8-11-12-14-15(13-11)6-7-16/h2-5,16H,6-8H2,1H3. The van der Waals surface area contributed by atoms with Gasteiger partial charge in [-0.05, 0) is 29.5 Å². The van der Waals surface area contributed by atoms with Crippen LogP contribution in [0.3, 0.4) is 0 Å². The van der Waals surface area contributed by atoms with Crippen molar-refractivity contribution in [1.82, 2.24) is 20.2 Å². The van der Waals surface area contributed by atoms with Gasteiger partial charge in [0.15, 0.2) is 6.61 Å². The number of ether oxygens (including phenoxy) is 2. The fourth-order valence-electron chi connectivity index (χ4n) is 1.34. The normalized spacial score (nSPS) is 10.3. The summed E-state index contributed by atoms with van der Waals surface area (Å²) in [6.45, 7) is 0.544. The summed E-state index contributed by atoms with van der Waals surface area (Å²) in [6.07, 6.45) is 0. The van der Waals surface area contributed by atoms with E-state index in [1.165, 1.54) is 4.80 Å². The highest BCUT2D eigenvalue weighted by Crippen LogP contribution is 2.17. The Morgan fingerprint density at radius 2 is 1.94 bits per heavy atom. The number of nitrogens with zero attached hydrogens (tertiary/aromatic N) is 4. The smallest absolute Gasteiger partial charge is 0.212 e. The molecule has 0 spiro atoms. The molecule has 0 amide bonds. The van der Waals surface area contributed by atoms with Crippen LogP contribution in [0.1, 0.15) is 5.82 Å². The van der Waals surface area contributed by atoms with Crippen LogP contribution in [0, 0.1) is 0 Å². The highest BCUT2D eigenvalue weighted by atomic mass is 16.5. The number of rotatable bonds is 6. The van der Waals surface area contributed by atoms with Gasteiger partial charge in [0, 0.05) is 0 Å². The summed E-state index contributed by atoms with van der Waals surface area (Å²) in [5.74, 6) is 1.95. The number of tetrazole rings is 1. The molecular formula is C11H14N4O3. The first-order valence-electron chi connectivity index (χ1n) is 5.46. The highest BCUT2D eigenvalue weighted by molar-refractivity contribution is 5.31. The van der Waals surface area contributed by atoms with Gasteiger partial charge in [-0.3, -0.25) is 0 Å². The molecule has 1 aromatic carbocycles. The number of hydrogen-bond acceptors (Lipinski definition) is 6. The maximum absolute atomic E-state index is 8.71. The Bertz CT molecular complexity index is 483. The number of aliphatic hydroxyl groups is 1. The van der Waals surface area contributed by atoms with Crippen LogP contribution in [-0.4, -0.2) is 39.0 Å². The van der Waals surface area contributed by atoms with Crippen molar-refractivity contribution in [2.24, 2.45) is 0 Å². The SMILES string of the molecule is COc1ccc(OCc2nnn(CCO)n2)cc1. The Labute approximate surface area is 104 Å². The third-order valence-electron chi connectivity index (χ3n) is 2.22. The first kappa shape index (κ1) is 12.3. The van der Waals surface area contributed by atoms with Crippen LogP contribution >= 0.6 is 0 Å². The van der Waals surface area contributed by atoms with Crippen LogP contribution < -0.4 is 9.47 Å². The van der Waals surface area contributed by atoms with Crippen molar-refractivity contribution in [2.45, 2.75) is 13.2 Å². The van der Waals surface area contributed by atoms with Gasteiger partial charge in [-0.2, -0.15) is 4.80 Å². The average Bonchev–Trinajstić information content (AvgIpc) is 2.85. The summed E-state index contributed by atoms with van der Waals surface area (Å²) in [5.41, 5.74) is 0. The van der Waals surface area contributed by atoms with Crippen molar-refractivity contribution in [1.29, 1.82) is 0 Å². The van der Waals surface area contributed by atoms with Crippen molar-refractivity contribution >= 4 is 0 Å². The minimum Gasteiger partial charge on any atom is -0.497 e. The number of hydrogen-bond donors (Lipinski definition) is 1. The largest absolute Gasteiger partial charge is 0.497 e. The molecule has 0 unspecified atom stereocenters. The van der Waals surface area contributed by atoms with Crippen molar-refractivity contribution in [2.75, 3.05) is 13.7 Å². The Kier molecular flexibility index (Phi) is 4.08. The predicted octanol–water partition coefficient (Wildman–Crippen LogP) is 0.253. The average molecular weight is 250 g/mol. The van der Waals surface area contributed by atoms with Gasteiger partial charge < -0.3 is 14.6 Å². The Morgan fingerprint density at radius 1 is 1.22 bits per heavy atom. The van der Waals surface area contributed by atoms with Crippen LogP contribution in [0.4, 0.5) is 0 Å². The van der Waals surface area contributed by atoms with Crippen LogP contribution in [0.5, 0.6) is 11.5 Å². The maximum atomic E-state index is 8.71. The molecule has 0 saturated heterocycles. The first-order chi connectivity index (χ1) is 8.81. The summed E-state index contributed by atoms with van der Waals surface area (Å²) in [4.78, 5) is 1.33. The molecule has 7 nitrogen and oxygen atoms in total. The zero-order valence-corrected chi connectivity index (χ0v) is 9.98. The van der Waals surface area contributed by atoms with E-state index >= 15 is 0 Å². The quantitative estimate of drug-likeness (QED) is 0.791. The molecule has 18 heavy (non-hydrogen) atoms. The fourth-order valence-corrected chi connectivity index (χ4v) is 1.34. The van der Waals surface area contributed by atoms with Gasteiger partial charge >= 0.3 is 0 Å². The van der Waals surface area contributed by atoms with Crippen LogP contribution in [0.25, 0.3) is 0 Å². The molecule has 96 valence electrons. The van der Waals surface area contributed by atoms with E-state index in [0.717, 1.165) is 5.75 Å². The lowest BCUT2D eigenvalue weighted by molar-refractivity contribution is 0.257. The number of aromatic nitrogens is 4. The lowest BCUT2D eigenvalue weighted by Crippen LogP contribution is -2.06. The first-order valence-corrected chi connectivity index (χ1v) is 5.46.